The smallest absolute Gasteiger partial charge is 0.247 e. The van der Waals surface area contributed by atoms with Gasteiger partial charge in [0.25, 0.3) is 0 Å². The van der Waals surface area contributed by atoms with Gasteiger partial charge in [0.05, 0.1) is 18.4 Å². The maximum absolute atomic E-state index is 12.1. The van der Waals surface area contributed by atoms with Gasteiger partial charge < -0.3 is 20.1 Å². The number of rotatable bonds is 4. The predicted molar refractivity (Wildman–Crippen MR) is 88.4 cm³/mol. The van der Waals surface area contributed by atoms with E-state index in [1.807, 2.05) is 24.3 Å². The number of nitrogens with zero attached hydrogens (tertiary/aromatic N) is 2. The Morgan fingerprint density at radius 1 is 1.36 bits per heavy atom. The fourth-order valence-electron chi connectivity index (χ4n) is 2.93. The van der Waals surface area contributed by atoms with E-state index in [0.717, 1.165) is 11.5 Å². The molecule has 2 N–H and O–H groups in total. The lowest BCUT2D eigenvalue weighted by atomic mass is 10.2. The number of aromatic nitrogens is 2. The Balaban J connectivity index is 1.34. The van der Waals surface area contributed by atoms with Crippen LogP contribution < -0.4 is 20.1 Å². The van der Waals surface area contributed by atoms with Crippen LogP contribution in [0.2, 0.25) is 0 Å². The van der Waals surface area contributed by atoms with Gasteiger partial charge >= 0.3 is 0 Å². The fraction of sp³-hybridized carbons (Fsp3) is 0.353. The van der Waals surface area contributed by atoms with E-state index in [4.69, 9.17) is 9.47 Å². The van der Waals surface area contributed by atoms with Crippen LogP contribution in [0.25, 0.3) is 0 Å². The summed E-state index contributed by atoms with van der Waals surface area (Å²) in [6.07, 6.45) is 4.06. The first-order valence-electron chi connectivity index (χ1n) is 8.18. The second-order valence-corrected chi connectivity index (χ2v) is 6.10. The van der Waals surface area contributed by atoms with Crippen molar-refractivity contribution in [3.63, 3.8) is 0 Å². The minimum atomic E-state index is -0.470. The number of carbonyl (C=O) groups excluding carboxylic acids is 2. The second-order valence-electron chi connectivity index (χ2n) is 6.10. The summed E-state index contributed by atoms with van der Waals surface area (Å²) in [7, 11) is 0. The number of ether oxygens (including phenoxy) is 2. The second kappa shape index (κ2) is 6.46. The molecule has 2 aliphatic heterocycles. The van der Waals surface area contributed by atoms with Gasteiger partial charge in [-0.15, -0.1) is 0 Å². The van der Waals surface area contributed by atoms with Crippen LogP contribution in [0, 0.1) is 0 Å². The molecule has 0 aliphatic carbocycles. The number of benzene rings is 1. The molecule has 130 valence electrons. The highest BCUT2D eigenvalue weighted by Crippen LogP contribution is 2.31. The van der Waals surface area contributed by atoms with Crippen molar-refractivity contribution in [1.82, 2.24) is 15.1 Å². The molecule has 0 saturated carbocycles. The van der Waals surface area contributed by atoms with Gasteiger partial charge in [-0.25, -0.2) is 0 Å². The molecule has 0 unspecified atom stereocenters. The maximum Gasteiger partial charge on any atom is 0.247 e. The predicted octanol–water partition coefficient (Wildman–Crippen LogP) is 0.940. The Morgan fingerprint density at radius 2 is 2.20 bits per heavy atom. The van der Waals surface area contributed by atoms with E-state index in [-0.39, 0.29) is 17.9 Å². The molecular weight excluding hydrogens is 324 g/mol. The zero-order chi connectivity index (χ0) is 17.2. The summed E-state index contributed by atoms with van der Waals surface area (Å²) >= 11 is 0. The quantitative estimate of drug-likeness (QED) is 0.862. The lowest BCUT2D eigenvalue weighted by molar-refractivity contribution is -0.122. The lowest BCUT2D eigenvalue weighted by Gasteiger charge is -2.26. The van der Waals surface area contributed by atoms with Crippen LogP contribution in [-0.4, -0.2) is 40.3 Å². The summed E-state index contributed by atoms with van der Waals surface area (Å²) in [5, 5.41) is 9.65. The third kappa shape index (κ3) is 3.42. The minimum absolute atomic E-state index is 0.0921. The van der Waals surface area contributed by atoms with Gasteiger partial charge in [0.2, 0.25) is 11.8 Å². The fourth-order valence-corrected chi connectivity index (χ4v) is 2.93. The maximum atomic E-state index is 12.1. The number of fused-ring (bicyclic) bond motifs is 1. The normalized spacial score (nSPS) is 21.7. The lowest BCUT2D eigenvalue weighted by Crippen LogP contribution is -2.37. The molecule has 2 aliphatic rings. The van der Waals surface area contributed by atoms with Crippen LogP contribution in [0.1, 0.15) is 12.8 Å². The molecule has 1 fully saturated rings. The summed E-state index contributed by atoms with van der Waals surface area (Å²) in [5.41, 5.74) is 0.586. The first-order valence-corrected chi connectivity index (χ1v) is 8.18. The van der Waals surface area contributed by atoms with E-state index >= 15 is 0 Å². The first-order chi connectivity index (χ1) is 12.2. The van der Waals surface area contributed by atoms with E-state index in [1.165, 1.54) is 0 Å². The topological polar surface area (TPSA) is 94.5 Å². The molecule has 25 heavy (non-hydrogen) atoms. The summed E-state index contributed by atoms with van der Waals surface area (Å²) in [6, 6.07) is 7.06. The van der Waals surface area contributed by atoms with Crippen molar-refractivity contribution in [3.8, 4) is 11.5 Å². The Bertz CT molecular complexity index is 803. The van der Waals surface area contributed by atoms with E-state index in [1.54, 1.807) is 17.1 Å². The van der Waals surface area contributed by atoms with E-state index in [0.29, 0.717) is 31.7 Å². The number of amides is 2. The van der Waals surface area contributed by atoms with Crippen LogP contribution in [-0.2, 0) is 16.1 Å². The summed E-state index contributed by atoms with van der Waals surface area (Å²) < 4.78 is 13.3. The Kier molecular flexibility index (Phi) is 4.01. The molecule has 0 bridgehead atoms. The van der Waals surface area contributed by atoms with Crippen LogP contribution in [0.5, 0.6) is 11.5 Å². The zero-order valence-electron chi connectivity index (χ0n) is 13.5. The van der Waals surface area contributed by atoms with Crippen LogP contribution >= 0.6 is 0 Å². The van der Waals surface area contributed by atoms with Gasteiger partial charge in [0.1, 0.15) is 12.6 Å². The van der Waals surface area contributed by atoms with Gasteiger partial charge in [-0.05, 0) is 18.6 Å². The first kappa shape index (κ1) is 15.5. The standard InChI is InChI=1S/C17H18N4O4/c22-16-6-5-13(20-16)17(23)19-11-7-18-21(8-11)9-12-10-24-14-3-1-2-4-15(14)25-12/h1-4,7-8,12-13H,5-6,9-10H2,(H,19,23)(H,20,22)/t12-,13+/m1/s1. The van der Waals surface area contributed by atoms with E-state index in [2.05, 4.69) is 15.7 Å². The number of anilines is 1. The van der Waals surface area contributed by atoms with Crippen molar-refractivity contribution >= 4 is 17.5 Å². The van der Waals surface area contributed by atoms with Gasteiger partial charge in [-0.2, -0.15) is 5.10 Å². The van der Waals surface area contributed by atoms with Gasteiger partial charge in [-0.3, -0.25) is 14.3 Å². The molecule has 8 nitrogen and oxygen atoms in total. The average Bonchev–Trinajstić information content (AvgIpc) is 3.24. The Labute approximate surface area is 144 Å². The third-order valence-corrected chi connectivity index (χ3v) is 4.17. The Morgan fingerprint density at radius 3 is 3.00 bits per heavy atom. The van der Waals surface area contributed by atoms with Crippen molar-refractivity contribution < 1.29 is 19.1 Å². The third-order valence-electron chi connectivity index (χ3n) is 4.17. The average molecular weight is 342 g/mol. The molecule has 8 heteroatoms. The molecule has 4 rings (SSSR count). The zero-order valence-corrected chi connectivity index (χ0v) is 13.5. The highest BCUT2D eigenvalue weighted by molar-refractivity contribution is 5.98. The Hall–Kier alpha value is -3.03. The molecular formula is C17H18N4O4. The molecule has 0 spiro atoms. The molecule has 1 saturated heterocycles. The van der Waals surface area contributed by atoms with Gasteiger partial charge in [0, 0.05) is 12.6 Å². The number of hydrogen-bond donors (Lipinski definition) is 2. The largest absolute Gasteiger partial charge is 0.486 e. The van der Waals surface area contributed by atoms with Crippen molar-refractivity contribution in [3.05, 3.63) is 36.7 Å². The number of nitrogens with one attached hydrogen (secondary N) is 2. The molecule has 3 heterocycles. The molecule has 1 aromatic carbocycles. The van der Waals surface area contributed by atoms with Gasteiger partial charge in [-0.1, -0.05) is 12.1 Å². The van der Waals surface area contributed by atoms with Gasteiger partial charge in [0.15, 0.2) is 17.6 Å². The molecule has 2 aromatic rings. The van der Waals surface area contributed by atoms with Crippen molar-refractivity contribution in [1.29, 1.82) is 0 Å². The number of carbonyl (C=O) groups is 2. The highest BCUT2D eigenvalue weighted by atomic mass is 16.6. The SMILES string of the molecule is O=C1CC[C@@H](C(=O)Nc2cnn(C[C@@H]3COc4ccccc4O3)c2)N1. The monoisotopic (exact) mass is 342 g/mol. The van der Waals surface area contributed by atoms with Crippen LogP contribution in [0.4, 0.5) is 5.69 Å². The summed E-state index contributed by atoms with van der Waals surface area (Å²) in [5.74, 6) is 1.14. The van der Waals surface area contributed by atoms with Crippen LogP contribution in [0.3, 0.4) is 0 Å². The molecule has 0 radical (unpaired) electrons. The number of para-hydroxylation sites is 2. The molecule has 2 atom stereocenters. The summed E-state index contributed by atoms with van der Waals surface area (Å²) in [4.78, 5) is 23.3. The van der Waals surface area contributed by atoms with Crippen molar-refractivity contribution in [2.75, 3.05) is 11.9 Å². The minimum Gasteiger partial charge on any atom is -0.486 e. The van der Waals surface area contributed by atoms with Crippen molar-refractivity contribution in [2.24, 2.45) is 0 Å². The van der Waals surface area contributed by atoms with Crippen molar-refractivity contribution in [2.45, 2.75) is 31.5 Å². The van der Waals surface area contributed by atoms with E-state index in [9.17, 15) is 9.59 Å². The molecule has 1 aromatic heterocycles. The summed E-state index contributed by atoms with van der Waals surface area (Å²) in [6.45, 7) is 0.942. The van der Waals surface area contributed by atoms with E-state index < -0.39 is 6.04 Å². The van der Waals surface area contributed by atoms with Crippen LogP contribution in [0.15, 0.2) is 36.7 Å². The highest BCUT2D eigenvalue weighted by Gasteiger charge is 2.27. The number of hydrogen-bond acceptors (Lipinski definition) is 5. The molecule has 2 amide bonds.